The second-order valence-electron chi connectivity index (χ2n) is 2.44. The fourth-order valence-electron chi connectivity index (χ4n) is 0.497. The summed E-state index contributed by atoms with van der Waals surface area (Å²) >= 11 is 0. The van der Waals surface area contributed by atoms with Crippen LogP contribution in [0.5, 0.6) is 0 Å². The Balaban J connectivity index is 0. The molecule has 0 aliphatic rings. The second-order valence-corrected chi connectivity index (χ2v) is 2.44. The van der Waals surface area contributed by atoms with Crippen molar-refractivity contribution in [2.45, 2.75) is 32.8 Å². The molecule has 0 bridgehead atoms. The minimum atomic E-state index is -0.700. The van der Waals surface area contributed by atoms with Gasteiger partial charge in [0.15, 0.2) is 0 Å². The number of rotatable bonds is 2. The van der Waals surface area contributed by atoms with Gasteiger partial charge in [-0.05, 0) is 20.3 Å². The summed E-state index contributed by atoms with van der Waals surface area (Å²) in [5, 5.41) is 9.46. The van der Waals surface area contributed by atoms with Crippen LogP contribution in [0.15, 0.2) is 4.99 Å². The number of nitrogens with zero attached hydrogens (tertiary/aromatic N) is 1. The molecule has 2 nitrogen and oxygen atoms in total. The number of hydrogen-bond acceptors (Lipinski definition) is 2. The van der Waals surface area contributed by atoms with Crippen molar-refractivity contribution < 1.29 is 45.5 Å². The fourth-order valence-corrected chi connectivity index (χ4v) is 0.497. The van der Waals surface area contributed by atoms with Gasteiger partial charge in [-0.25, -0.2) is 0 Å². The van der Waals surface area contributed by atoms with Crippen molar-refractivity contribution in [2.24, 2.45) is 4.99 Å². The normalized spacial score (nSPS) is 17.5. The molecule has 0 amide bonds. The third-order valence-electron chi connectivity index (χ3n) is 1.80. The smallest absolute Gasteiger partial charge is 0.0988 e. The summed E-state index contributed by atoms with van der Waals surface area (Å²) < 4.78 is 0. The molecular weight excluding hydrogens is 259 g/mol. The van der Waals surface area contributed by atoms with Gasteiger partial charge in [-0.2, -0.15) is 0 Å². The van der Waals surface area contributed by atoms with Gasteiger partial charge in [0, 0.05) is 53.1 Å². The van der Waals surface area contributed by atoms with E-state index in [1.54, 1.807) is 14.0 Å². The van der Waals surface area contributed by atoms with Crippen LogP contribution in [0.2, 0.25) is 0 Å². The first kappa shape index (κ1) is 13.6. The van der Waals surface area contributed by atoms with E-state index in [1.807, 2.05) is 13.8 Å². The number of aliphatic imine (C=N–C) groups is 1. The molecule has 1 unspecified atom stereocenters. The van der Waals surface area contributed by atoms with Crippen LogP contribution in [0, 0.1) is 40.4 Å². The van der Waals surface area contributed by atoms with Crippen LogP contribution in [0.25, 0.3) is 0 Å². The van der Waals surface area contributed by atoms with Gasteiger partial charge in [0.1, 0.15) is 0 Å². The molecule has 0 saturated heterocycles. The maximum Gasteiger partial charge on any atom is 0.0988 e. The third kappa shape index (κ3) is 3.97. The maximum atomic E-state index is 9.46. The molecule has 10 heavy (non-hydrogen) atoms. The Morgan fingerprint density at radius 2 is 2.00 bits per heavy atom. The molecule has 3 heteroatoms. The van der Waals surface area contributed by atoms with Gasteiger partial charge in [0.05, 0.1) is 5.60 Å². The van der Waals surface area contributed by atoms with Gasteiger partial charge in [0.2, 0.25) is 0 Å². The van der Waals surface area contributed by atoms with Crippen LogP contribution in [0.4, 0.5) is 0 Å². The quantitative estimate of drug-likeness (QED) is 0.755. The number of hydrogen-bond donors (Lipinski definition) is 1. The standard InChI is InChI=1S/C7H15NO.Pm/c1-5-7(3,9)6(2)8-4;/h9H,5H2,1-4H3;. The number of aliphatic hydroxyl groups is 1. The van der Waals surface area contributed by atoms with E-state index >= 15 is 0 Å². The van der Waals surface area contributed by atoms with Gasteiger partial charge in [0.25, 0.3) is 0 Å². The summed E-state index contributed by atoms with van der Waals surface area (Å²) in [4.78, 5) is 3.90. The maximum absolute atomic E-state index is 9.46. The second kappa shape index (κ2) is 5.60. The van der Waals surface area contributed by atoms with Crippen LogP contribution in [0.3, 0.4) is 0 Å². The predicted octanol–water partition coefficient (Wildman–Crippen LogP) is 1.24. The van der Waals surface area contributed by atoms with Crippen molar-refractivity contribution in [3.8, 4) is 0 Å². The zero-order valence-electron chi connectivity index (χ0n) is 7.05. The summed E-state index contributed by atoms with van der Waals surface area (Å²) in [6.45, 7) is 5.55. The minimum Gasteiger partial charge on any atom is -0.384 e. The molecule has 0 rings (SSSR count). The van der Waals surface area contributed by atoms with Crippen LogP contribution in [0.1, 0.15) is 27.2 Å². The molecule has 1 atom stereocenters. The molecule has 1 N–H and O–H groups in total. The molecular formula is C7H15NOPm. The van der Waals surface area contributed by atoms with Crippen molar-refractivity contribution in [1.82, 2.24) is 0 Å². The Kier molecular flexibility index (Phi) is 7.58. The first-order chi connectivity index (χ1) is 4.04. The first-order valence-electron chi connectivity index (χ1n) is 3.21. The topological polar surface area (TPSA) is 32.6 Å². The zero-order valence-corrected chi connectivity index (χ0v) is 9.92. The summed E-state index contributed by atoms with van der Waals surface area (Å²) in [6, 6.07) is 0. The van der Waals surface area contributed by atoms with Crippen molar-refractivity contribution in [3.63, 3.8) is 0 Å². The summed E-state index contributed by atoms with van der Waals surface area (Å²) in [5.41, 5.74) is 0.0966. The van der Waals surface area contributed by atoms with Crippen LogP contribution < -0.4 is 0 Å². The molecule has 0 spiro atoms. The van der Waals surface area contributed by atoms with Gasteiger partial charge in [-0.15, -0.1) is 0 Å². The summed E-state index contributed by atoms with van der Waals surface area (Å²) in [7, 11) is 1.69. The van der Waals surface area contributed by atoms with Gasteiger partial charge in [-0.3, -0.25) is 4.99 Å². The van der Waals surface area contributed by atoms with Crippen molar-refractivity contribution >= 4 is 5.71 Å². The zero-order chi connectivity index (χ0) is 7.49. The van der Waals surface area contributed by atoms with Crippen molar-refractivity contribution in [2.75, 3.05) is 7.05 Å². The van der Waals surface area contributed by atoms with E-state index < -0.39 is 5.60 Å². The SMILES string of the molecule is CCC(C)(O)C(C)=NC.[Pm]. The van der Waals surface area contributed by atoms with Crippen LogP contribution >= 0.6 is 0 Å². The van der Waals surface area contributed by atoms with E-state index in [1.165, 1.54) is 0 Å². The fraction of sp³-hybridized carbons (Fsp3) is 0.857. The van der Waals surface area contributed by atoms with Gasteiger partial charge in [-0.1, -0.05) is 6.92 Å². The van der Waals surface area contributed by atoms with E-state index in [4.69, 9.17) is 0 Å². The molecule has 0 aliphatic heterocycles. The van der Waals surface area contributed by atoms with Gasteiger partial charge < -0.3 is 5.11 Å². The molecule has 0 aliphatic carbocycles. The Bertz CT molecular complexity index is 121. The van der Waals surface area contributed by atoms with Gasteiger partial charge >= 0.3 is 0 Å². The van der Waals surface area contributed by atoms with E-state index in [-0.39, 0.29) is 40.4 Å². The molecule has 0 aromatic rings. The Morgan fingerprint density at radius 3 is 2.10 bits per heavy atom. The molecule has 0 heterocycles. The molecule has 1 radical (unpaired) electrons. The monoisotopic (exact) mass is 274 g/mol. The van der Waals surface area contributed by atoms with E-state index in [0.29, 0.717) is 0 Å². The largest absolute Gasteiger partial charge is 0.384 e. The molecule has 59 valence electrons. The van der Waals surface area contributed by atoms with Crippen molar-refractivity contribution in [1.29, 1.82) is 0 Å². The Morgan fingerprint density at radius 1 is 1.60 bits per heavy atom. The third-order valence-corrected chi connectivity index (χ3v) is 1.80. The van der Waals surface area contributed by atoms with E-state index in [2.05, 4.69) is 4.99 Å². The Hall–Kier alpha value is 0.968. The van der Waals surface area contributed by atoms with Crippen LogP contribution in [-0.2, 0) is 0 Å². The molecule has 0 saturated carbocycles. The molecule has 0 aromatic heterocycles. The predicted molar refractivity (Wildman–Crippen MR) is 39.9 cm³/mol. The minimum absolute atomic E-state index is 0. The Labute approximate surface area is 95.2 Å². The average Bonchev–Trinajstić information content (AvgIpc) is 1.86. The van der Waals surface area contributed by atoms with E-state index in [9.17, 15) is 5.11 Å². The average molecular weight is 274 g/mol. The van der Waals surface area contributed by atoms with E-state index in [0.717, 1.165) is 12.1 Å². The molecule has 0 fully saturated rings. The molecule has 0 aromatic carbocycles. The summed E-state index contributed by atoms with van der Waals surface area (Å²) in [5.74, 6) is 0. The van der Waals surface area contributed by atoms with Crippen molar-refractivity contribution in [3.05, 3.63) is 0 Å². The van der Waals surface area contributed by atoms with Crippen LogP contribution in [-0.4, -0.2) is 23.5 Å². The summed E-state index contributed by atoms with van der Waals surface area (Å²) in [6.07, 6.45) is 0.718. The first-order valence-corrected chi connectivity index (χ1v) is 3.21.